The highest BCUT2D eigenvalue weighted by Gasteiger charge is 2.24. The van der Waals surface area contributed by atoms with E-state index in [0.717, 1.165) is 42.8 Å². The van der Waals surface area contributed by atoms with Crippen LogP contribution in [0.3, 0.4) is 0 Å². The molecule has 3 rings (SSSR count). The van der Waals surface area contributed by atoms with Crippen molar-refractivity contribution in [3.8, 4) is 5.75 Å². The molecule has 5 nitrogen and oxygen atoms in total. The Kier molecular flexibility index (Phi) is 6.88. The van der Waals surface area contributed by atoms with Gasteiger partial charge in [-0.2, -0.15) is 0 Å². The Balaban J connectivity index is 1.74. The predicted molar refractivity (Wildman–Crippen MR) is 108 cm³/mol. The molecule has 1 aliphatic rings. The number of ether oxygens (including phenoxy) is 1. The third-order valence-corrected chi connectivity index (χ3v) is 6.33. The van der Waals surface area contributed by atoms with E-state index < -0.39 is 10.0 Å². The Hall–Kier alpha value is -1.89. The summed E-state index contributed by atoms with van der Waals surface area (Å²) in [5, 5.41) is 0. The van der Waals surface area contributed by atoms with E-state index in [9.17, 15) is 8.42 Å². The van der Waals surface area contributed by atoms with Crippen LogP contribution in [0.5, 0.6) is 5.75 Å². The molecule has 6 heteroatoms. The van der Waals surface area contributed by atoms with E-state index in [-0.39, 0.29) is 11.8 Å². The average molecular weight is 389 g/mol. The molecule has 2 aromatic rings. The maximum Gasteiger partial charge on any atom is 0.215 e. The van der Waals surface area contributed by atoms with Crippen LogP contribution >= 0.6 is 0 Å². The second kappa shape index (κ2) is 9.35. The third kappa shape index (κ3) is 5.79. The van der Waals surface area contributed by atoms with E-state index in [2.05, 4.69) is 9.62 Å². The molecule has 1 unspecified atom stereocenters. The minimum absolute atomic E-state index is 0.00132. The molecule has 146 valence electrons. The zero-order chi connectivity index (χ0) is 19.1. The molecular formula is C21H28N2O3S. The number of likely N-dealkylation sites (tertiary alicyclic amines) is 1. The number of nitrogens with one attached hydrogen (secondary N) is 1. The second-order valence-electron chi connectivity index (χ2n) is 6.98. The van der Waals surface area contributed by atoms with E-state index in [1.165, 1.54) is 6.42 Å². The summed E-state index contributed by atoms with van der Waals surface area (Å²) in [6.07, 6.45) is 3.54. The van der Waals surface area contributed by atoms with Gasteiger partial charge in [0.2, 0.25) is 10.0 Å². The summed E-state index contributed by atoms with van der Waals surface area (Å²) in [5.74, 6) is 0.792. The quantitative estimate of drug-likeness (QED) is 0.753. The average Bonchev–Trinajstić information content (AvgIpc) is 2.69. The normalized spacial score (nSPS) is 16.8. The standard InChI is InChI=1S/C21H28N2O3S/c1-26-20-12-8-11-19(15-20)21(23-13-6-3-7-14-23)16-22-27(24,25)17-18-9-4-2-5-10-18/h2,4-5,8-12,15,21-22H,3,6-7,13-14,16-17H2,1H3. The fraction of sp³-hybridized carbons (Fsp3) is 0.429. The zero-order valence-corrected chi connectivity index (χ0v) is 16.6. The maximum atomic E-state index is 12.6. The Bertz CT molecular complexity index is 818. The van der Waals surface area contributed by atoms with Crippen LogP contribution in [0.2, 0.25) is 0 Å². The van der Waals surface area contributed by atoms with Crippen molar-refractivity contribution in [1.29, 1.82) is 0 Å². The minimum atomic E-state index is -3.40. The fourth-order valence-corrected chi connectivity index (χ4v) is 4.73. The van der Waals surface area contributed by atoms with Crippen molar-refractivity contribution in [1.82, 2.24) is 9.62 Å². The molecule has 1 heterocycles. The maximum absolute atomic E-state index is 12.6. The number of methoxy groups -OCH3 is 1. The van der Waals surface area contributed by atoms with E-state index in [1.807, 2.05) is 54.6 Å². The van der Waals surface area contributed by atoms with Crippen molar-refractivity contribution in [3.63, 3.8) is 0 Å². The SMILES string of the molecule is COc1cccc(C(CNS(=O)(=O)Cc2ccccc2)N2CCCCC2)c1. The van der Waals surface area contributed by atoms with Crippen LogP contribution in [0, 0.1) is 0 Å². The van der Waals surface area contributed by atoms with Crippen LogP contribution in [0.4, 0.5) is 0 Å². The van der Waals surface area contributed by atoms with Crippen LogP contribution in [-0.4, -0.2) is 40.1 Å². The number of rotatable bonds is 8. The Morgan fingerprint density at radius 1 is 1.04 bits per heavy atom. The predicted octanol–water partition coefficient (Wildman–Crippen LogP) is 3.34. The third-order valence-electron chi connectivity index (χ3n) is 5.01. The van der Waals surface area contributed by atoms with Crippen LogP contribution < -0.4 is 9.46 Å². The Morgan fingerprint density at radius 2 is 1.78 bits per heavy atom. The van der Waals surface area contributed by atoms with Gasteiger partial charge in [0.25, 0.3) is 0 Å². The highest BCUT2D eigenvalue weighted by Crippen LogP contribution is 2.27. The zero-order valence-electron chi connectivity index (χ0n) is 15.8. The molecule has 1 saturated heterocycles. The monoisotopic (exact) mass is 388 g/mol. The van der Waals surface area contributed by atoms with Crippen molar-refractivity contribution in [2.24, 2.45) is 0 Å². The molecule has 0 saturated carbocycles. The Morgan fingerprint density at radius 3 is 2.48 bits per heavy atom. The first-order chi connectivity index (χ1) is 13.1. The van der Waals surface area contributed by atoms with Crippen molar-refractivity contribution < 1.29 is 13.2 Å². The number of hydrogen-bond donors (Lipinski definition) is 1. The van der Waals surface area contributed by atoms with Gasteiger partial charge in [-0.05, 0) is 49.2 Å². The first kappa shape index (κ1) is 19.9. The largest absolute Gasteiger partial charge is 0.497 e. The van der Waals surface area contributed by atoms with Gasteiger partial charge in [0, 0.05) is 12.6 Å². The topological polar surface area (TPSA) is 58.6 Å². The molecule has 1 atom stereocenters. The van der Waals surface area contributed by atoms with Crippen LogP contribution in [0.25, 0.3) is 0 Å². The highest BCUT2D eigenvalue weighted by atomic mass is 32.2. The highest BCUT2D eigenvalue weighted by molar-refractivity contribution is 7.88. The summed E-state index contributed by atoms with van der Waals surface area (Å²) in [5.41, 5.74) is 1.87. The lowest BCUT2D eigenvalue weighted by atomic mass is 10.0. The van der Waals surface area contributed by atoms with Gasteiger partial charge in [0.15, 0.2) is 0 Å². The number of sulfonamides is 1. The number of benzene rings is 2. The van der Waals surface area contributed by atoms with Gasteiger partial charge in [-0.15, -0.1) is 0 Å². The molecule has 0 bridgehead atoms. The molecule has 1 aliphatic heterocycles. The van der Waals surface area contributed by atoms with Crippen LogP contribution in [0.1, 0.15) is 36.4 Å². The second-order valence-corrected chi connectivity index (χ2v) is 8.79. The van der Waals surface area contributed by atoms with Gasteiger partial charge >= 0.3 is 0 Å². The lowest BCUT2D eigenvalue weighted by Crippen LogP contribution is -2.40. The summed E-state index contributed by atoms with van der Waals surface area (Å²) >= 11 is 0. The molecule has 1 fully saturated rings. The Labute approximate surface area is 162 Å². The summed E-state index contributed by atoms with van der Waals surface area (Å²) in [6, 6.07) is 17.2. The van der Waals surface area contributed by atoms with E-state index in [0.29, 0.717) is 6.54 Å². The van der Waals surface area contributed by atoms with Gasteiger partial charge in [-0.3, -0.25) is 4.90 Å². The van der Waals surface area contributed by atoms with Crippen molar-refractivity contribution >= 4 is 10.0 Å². The molecule has 0 aromatic heterocycles. The molecule has 1 N–H and O–H groups in total. The first-order valence-electron chi connectivity index (χ1n) is 9.47. The number of piperidine rings is 1. The minimum Gasteiger partial charge on any atom is -0.497 e. The van der Waals surface area contributed by atoms with Gasteiger partial charge in [0.05, 0.1) is 12.9 Å². The van der Waals surface area contributed by atoms with Crippen LogP contribution in [-0.2, 0) is 15.8 Å². The number of nitrogens with zero attached hydrogens (tertiary/aromatic N) is 1. The van der Waals surface area contributed by atoms with E-state index >= 15 is 0 Å². The fourth-order valence-electron chi connectivity index (χ4n) is 3.59. The summed E-state index contributed by atoms with van der Waals surface area (Å²) in [7, 11) is -1.75. The van der Waals surface area contributed by atoms with Crippen molar-refractivity contribution in [3.05, 3.63) is 65.7 Å². The summed E-state index contributed by atoms with van der Waals surface area (Å²) < 4.78 is 33.4. The smallest absolute Gasteiger partial charge is 0.215 e. The molecular weight excluding hydrogens is 360 g/mol. The van der Waals surface area contributed by atoms with Gasteiger partial charge in [-0.25, -0.2) is 13.1 Å². The molecule has 0 amide bonds. The molecule has 2 aromatic carbocycles. The molecule has 0 radical (unpaired) electrons. The lowest BCUT2D eigenvalue weighted by molar-refractivity contribution is 0.164. The summed E-state index contributed by atoms with van der Waals surface area (Å²) in [6.45, 7) is 2.34. The van der Waals surface area contributed by atoms with E-state index in [4.69, 9.17) is 4.74 Å². The molecule has 0 aliphatic carbocycles. The van der Waals surface area contributed by atoms with Gasteiger partial charge < -0.3 is 4.74 Å². The van der Waals surface area contributed by atoms with E-state index in [1.54, 1.807) is 7.11 Å². The van der Waals surface area contributed by atoms with Gasteiger partial charge in [-0.1, -0.05) is 48.9 Å². The first-order valence-corrected chi connectivity index (χ1v) is 11.1. The van der Waals surface area contributed by atoms with Crippen molar-refractivity contribution in [2.45, 2.75) is 31.1 Å². The molecule has 0 spiro atoms. The van der Waals surface area contributed by atoms with Gasteiger partial charge in [0.1, 0.15) is 5.75 Å². The molecule has 27 heavy (non-hydrogen) atoms. The summed E-state index contributed by atoms with van der Waals surface area (Å²) in [4.78, 5) is 2.38. The van der Waals surface area contributed by atoms with Crippen LogP contribution in [0.15, 0.2) is 54.6 Å². The lowest BCUT2D eigenvalue weighted by Gasteiger charge is -2.35. The number of hydrogen-bond acceptors (Lipinski definition) is 4. The van der Waals surface area contributed by atoms with Crippen molar-refractivity contribution in [2.75, 3.05) is 26.7 Å².